The van der Waals surface area contributed by atoms with E-state index in [2.05, 4.69) is 24.5 Å². The lowest BCUT2D eigenvalue weighted by atomic mass is 10.1. The second kappa shape index (κ2) is 8.47. The van der Waals surface area contributed by atoms with Gasteiger partial charge in [-0.05, 0) is 24.5 Å². The molecule has 2 N–H and O–H groups in total. The number of hydrogen-bond acceptors (Lipinski definition) is 3. The van der Waals surface area contributed by atoms with E-state index in [0.717, 1.165) is 12.1 Å². The largest absolute Gasteiger partial charge is 0.355 e. The van der Waals surface area contributed by atoms with Gasteiger partial charge >= 0.3 is 0 Å². The highest BCUT2D eigenvalue weighted by molar-refractivity contribution is 6.00. The van der Waals surface area contributed by atoms with Crippen LogP contribution in [0, 0.1) is 11.8 Å². The summed E-state index contributed by atoms with van der Waals surface area (Å²) in [6, 6.07) is 9.29. The average molecular weight is 331 g/mol. The van der Waals surface area contributed by atoms with Crippen molar-refractivity contribution in [3.05, 3.63) is 30.3 Å². The van der Waals surface area contributed by atoms with E-state index in [1.807, 2.05) is 30.3 Å². The number of nitrogens with zero attached hydrogens (tertiary/aromatic N) is 1. The number of amides is 3. The van der Waals surface area contributed by atoms with Crippen molar-refractivity contribution in [2.24, 2.45) is 11.8 Å². The van der Waals surface area contributed by atoms with Crippen LogP contribution in [0.5, 0.6) is 0 Å². The molecule has 0 bridgehead atoms. The zero-order valence-electron chi connectivity index (χ0n) is 14.2. The summed E-state index contributed by atoms with van der Waals surface area (Å²) in [7, 11) is 0. The third kappa shape index (κ3) is 5.08. The summed E-state index contributed by atoms with van der Waals surface area (Å²) >= 11 is 0. The Bertz CT molecular complexity index is 586. The third-order valence-electron chi connectivity index (χ3n) is 4.03. The van der Waals surface area contributed by atoms with Crippen molar-refractivity contribution < 1.29 is 14.4 Å². The number of para-hydroxylation sites is 1. The van der Waals surface area contributed by atoms with E-state index in [9.17, 15) is 14.4 Å². The van der Waals surface area contributed by atoms with E-state index in [1.165, 1.54) is 0 Å². The molecule has 0 spiro atoms. The molecule has 0 aromatic heterocycles. The van der Waals surface area contributed by atoms with Gasteiger partial charge in [-0.2, -0.15) is 0 Å². The van der Waals surface area contributed by atoms with Gasteiger partial charge in [-0.15, -0.1) is 0 Å². The van der Waals surface area contributed by atoms with E-state index in [0.29, 0.717) is 19.0 Å². The first kappa shape index (κ1) is 18.0. The molecule has 1 heterocycles. The van der Waals surface area contributed by atoms with Crippen LogP contribution in [0.2, 0.25) is 0 Å². The standard InChI is InChI=1S/C18H25N3O3/c1-13(2)8-9-19-16(22)11-20-18(24)14-10-17(23)21(12-14)15-6-4-3-5-7-15/h3-7,13-14H,8-12H2,1-2H3,(H,19,22)(H,20,24). The molecule has 0 radical (unpaired) electrons. The minimum absolute atomic E-state index is 0.0487. The molecule has 6 heteroatoms. The molecule has 1 aromatic rings. The summed E-state index contributed by atoms with van der Waals surface area (Å²) in [5.74, 6) is -0.411. The van der Waals surface area contributed by atoms with Crippen molar-refractivity contribution in [3.63, 3.8) is 0 Å². The van der Waals surface area contributed by atoms with E-state index < -0.39 is 5.92 Å². The normalized spacial score (nSPS) is 17.2. The van der Waals surface area contributed by atoms with E-state index in [1.54, 1.807) is 4.90 Å². The molecule has 1 fully saturated rings. The first-order valence-electron chi connectivity index (χ1n) is 8.37. The summed E-state index contributed by atoms with van der Waals surface area (Å²) in [6.07, 6.45) is 1.08. The Morgan fingerprint density at radius 2 is 1.92 bits per heavy atom. The van der Waals surface area contributed by atoms with Crippen LogP contribution in [0.25, 0.3) is 0 Å². The van der Waals surface area contributed by atoms with Crippen LogP contribution in [0.1, 0.15) is 26.7 Å². The number of hydrogen-bond donors (Lipinski definition) is 2. The fourth-order valence-electron chi connectivity index (χ4n) is 2.62. The second-order valence-electron chi connectivity index (χ2n) is 6.49. The van der Waals surface area contributed by atoms with E-state index >= 15 is 0 Å². The Morgan fingerprint density at radius 3 is 2.58 bits per heavy atom. The number of rotatable bonds is 7. The molecule has 1 aliphatic heterocycles. The lowest BCUT2D eigenvalue weighted by Gasteiger charge is -2.16. The first-order valence-corrected chi connectivity index (χ1v) is 8.37. The smallest absolute Gasteiger partial charge is 0.239 e. The van der Waals surface area contributed by atoms with Crippen LogP contribution >= 0.6 is 0 Å². The van der Waals surface area contributed by atoms with Gasteiger partial charge in [-0.3, -0.25) is 14.4 Å². The third-order valence-corrected chi connectivity index (χ3v) is 4.03. The predicted molar refractivity (Wildman–Crippen MR) is 92.4 cm³/mol. The van der Waals surface area contributed by atoms with Crippen LogP contribution in [-0.4, -0.2) is 37.4 Å². The topological polar surface area (TPSA) is 78.5 Å². The van der Waals surface area contributed by atoms with Gasteiger partial charge in [-0.1, -0.05) is 32.0 Å². The van der Waals surface area contributed by atoms with Crippen molar-refractivity contribution in [3.8, 4) is 0 Å². The van der Waals surface area contributed by atoms with Gasteiger partial charge in [0.1, 0.15) is 0 Å². The summed E-state index contributed by atoms with van der Waals surface area (Å²) in [5.41, 5.74) is 0.796. The summed E-state index contributed by atoms with van der Waals surface area (Å²) < 4.78 is 0. The van der Waals surface area contributed by atoms with Crippen LogP contribution in [0.15, 0.2) is 30.3 Å². The highest BCUT2D eigenvalue weighted by atomic mass is 16.2. The fourth-order valence-corrected chi connectivity index (χ4v) is 2.62. The SMILES string of the molecule is CC(C)CCNC(=O)CNC(=O)C1CC(=O)N(c2ccccc2)C1. The highest BCUT2D eigenvalue weighted by Crippen LogP contribution is 2.24. The van der Waals surface area contributed by atoms with Gasteiger partial charge < -0.3 is 15.5 Å². The van der Waals surface area contributed by atoms with Crippen molar-refractivity contribution in [2.75, 3.05) is 24.5 Å². The maximum absolute atomic E-state index is 12.2. The number of benzene rings is 1. The number of carbonyl (C=O) groups is 3. The summed E-state index contributed by atoms with van der Waals surface area (Å²) in [4.78, 5) is 37.6. The van der Waals surface area contributed by atoms with Gasteiger partial charge in [-0.25, -0.2) is 0 Å². The van der Waals surface area contributed by atoms with Crippen LogP contribution < -0.4 is 15.5 Å². The number of anilines is 1. The highest BCUT2D eigenvalue weighted by Gasteiger charge is 2.35. The van der Waals surface area contributed by atoms with Crippen molar-refractivity contribution in [1.82, 2.24) is 10.6 Å². The lowest BCUT2D eigenvalue weighted by molar-refractivity contribution is -0.128. The van der Waals surface area contributed by atoms with E-state index in [-0.39, 0.29) is 30.7 Å². The van der Waals surface area contributed by atoms with Gasteiger partial charge in [0.2, 0.25) is 17.7 Å². The minimum Gasteiger partial charge on any atom is -0.355 e. The Kier molecular flexibility index (Phi) is 6.35. The molecule has 0 aliphatic carbocycles. The Hall–Kier alpha value is -2.37. The lowest BCUT2D eigenvalue weighted by Crippen LogP contribution is -2.40. The molecule has 1 aliphatic rings. The van der Waals surface area contributed by atoms with E-state index in [4.69, 9.17) is 0 Å². The maximum Gasteiger partial charge on any atom is 0.239 e. The molecular formula is C18H25N3O3. The molecule has 130 valence electrons. The number of carbonyl (C=O) groups excluding carboxylic acids is 3. The minimum atomic E-state index is -0.416. The van der Waals surface area contributed by atoms with Crippen molar-refractivity contribution in [1.29, 1.82) is 0 Å². The molecule has 24 heavy (non-hydrogen) atoms. The zero-order chi connectivity index (χ0) is 17.5. The first-order chi connectivity index (χ1) is 11.5. The molecule has 1 saturated heterocycles. The molecule has 1 unspecified atom stereocenters. The Labute approximate surface area is 142 Å². The molecule has 1 aromatic carbocycles. The molecular weight excluding hydrogens is 306 g/mol. The van der Waals surface area contributed by atoms with Crippen LogP contribution in [-0.2, 0) is 14.4 Å². The van der Waals surface area contributed by atoms with Crippen LogP contribution in [0.3, 0.4) is 0 Å². The summed E-state index contributed by atoms with van der Waals surface area (Å²) in [6.45, 7) is 5.08. The number of nitrogens with one attached hydrogen (secondary N) is 2. The zero-order valence-corrected chi connectivity index (χ0v) is 14.2. The molecule has 1 atom stereocenters. The maximum atomic E-state index is 12.2. The Morgan fingerprint density at radius 1 is 1.21 bits per heavy atom. The predicted octanol–water partition coefficient (Wildman–Crippen LogP) is 1.32. The average Bonchev–Trinajstić information content (AvgIpc) is 2.95. The van der Waals surface area contributed by atoms with Gasteiger partial charge in [0.15, 0.2) is 0 Å². The Balaban J connectivity index is 1.77. The monoisotopic (exact) mass is 331 g/mol. The molecule has 0 saturated carbocycles. The quantitative estimate of drug-likeness (QED) is 0.791. The van der Waals surface area contributed by atoms with Gasteiger partial charge in [0.05, 0.1) is 12.5 Å². The fraction of sp³-hybridized carbons (Fsp3) is 0.500. The van der Waals surface area contributed by atoms with Crippen molar-refractivity contribution in [2.45, 2.75) is 26.7 Å². The van der Waals surface area contributed by atoms with Gasteiger partial charge in [0.25, 0.3) is 0 Å². The molecule has 2 rings (SSSR count). The van der Waals surface area contributed by atoms with Gasteiger partial charge in [0, 0.05) is 25.2 Å². The van der Waals surface area contributed by atoms with Crippen molar-refractivity contribution >= 4 is 23.4 Å². The summed E-state index contributed by atoms with van der Waals surface area (Å²) in [5, 5.41) is 5.40. The molecule has 6 nitrogen and oxygen atoms in total. The van der Waals surface area contributed by atoms with Crippen LogP contribution in [0.4, 0.5) is 5.69 Å². The second-order valence-corrected chi connectivity index (χ2v) is 6.49. The molecule has 3 amide bonds.